The van der Waals surface area contributed by atoms with E-state index in [4.69, 9.17) is 0 Å². The number of rotatable bonds is 4. The Bertz CT molecular complexity index is 276. The fourth-order valence-corrected chi connectivity index (χ4v) is 1.92. The number of nitrogens with one attached hydrogen (secondary N) is 1. The molecule has 1 atom stereocenters. The van der Waals surface area contributed by atoms with E-state index in [1.54, 1.807) is 0 Å². The fourth-order valence-electron chi connectivity index (χ4n) is 1.92. The van der Waals surface area contributed by atoms with Gasteiger partial charge in [0.15, 0.2) is 0 Å². The van der Waals surface area contributed by atoms with Crippen molar-refractivity contribution in [2.24, 2.45) is 11.8 Å². The van der Waals surface area contributed by atoms with Gasteiger partial charge in [0.2, 0.25) is 0 Å². The van der Waals surface area contributed by atoms with Gasteiger partial charge < -0.3 is 5.32 Å². The number of nitrogens with zero attached hydrogens (tertiary/aromatic N) is 1. The summed E-state index contributed by atoms with van der Waals surface area (Å²) in [6.07, 6.45) is 6.46. The van der Waals surface area contributed by atoms with Crippen LogP contribution in [0.4, 0.5) is 5.69 Å². The Balaban J connectivity index is 2.00. The molecule has 2 rings (SSSR count). The minimum absolute atomic E-state index is 0.636. The summed E-state index contributed by atoms with van der Waals surface area (Å²) in [7, 11) is 0. The Morgan fingerprint density at radius 1 is 1.29 bits per heavy atom. The predicted molar refractivity (Wildman–Crippen MR) is 59.2 cm³/mol. The number of aromatic nitrogens is 1. The van der Waals surface area contributed by atoms with Gasteiger partial charge in [0.25, 0.3) is 0 Å². The largest absolute Gasteiger partial charge is 0.382 e. The molecule has 2 nitrogen and oxygen atoms in total. The molecule has 1 aliphatic carbocycles. The number of hydrogen-bond donors (Lipinski definition) is 1. The van der Waals surface area contributed by atoms with Gasteiger partial charge in [-0.2, -0.15) is 0 Å². The molecule has 0 aliphatic heterocycles. The lowest BCUT2D eigenvalue weighted by molar-refractivity contribution is 0.477. The molecular weight excluding hydrogens is 172 g/mol. The highest BCUT2D eigenvalue weighted by atomic mass is 14.9. The molecule has 76 valence electrons. The molecule has 0 saturated heterocycles. The van der Waals surface area contributed by atoms with Crippen LogP contribution in [-0.4, -0.2) is 11.0 Å². The molecule has 1 aromatic rings. The van der Waals surface area contributed by atoms with Crippen molar-refractivity contribution in [3.8, 4) is 0 Å². The van der Waals surface area contributed by atoms with Crippen LogP contribution in [0.3, 0.4) is 0 Å². The number of anilines is 1. The second-order valence-corrected chi connectivity index (χ2v) is 4.49. The van der Waals surface area contributed by atoms with E-state index in [-0.39, 0.29) is 0 Å². The van der Waals surface area contributed by atoms with Crippen LogP contribution < -0.4 is 5.32 Å². The second kappa shape index (κ2) is 3.99. The van der Waals surface area contributed by atoms with Gasteiger partial charge in [-0.15, -0.1) is 0 Å². The minimum atomic E-state index is 0.636. The third-order valence-corrected chi connectivity index (χ3v) is 2.86. The van der Waals surface area contributed by atoms with Crippen LogP contribution in [0, 0.1) is 11.8 Å². The molecule has 14 heavy (non-hydrogen) atoms. The first-order chi connectivity index (χ1) is 6.77. The van der Waals surface area contributed by atoms with Gasteiger partial charge in [-0.3, -0.25) is 4.98 Å². The molecule has 0 radical (unpaired) electrons. The third kappa shape index (κ3) is 2.25. The molecule has 1 aromatic heterocycles. The summed E-state index contributed by atoms with van der Waals surface area (Å²) in [6, 6.07) is 4.72. The van der Waals surface area contributed by atoms with E-state index in [1.807, 2.05) is 24.5 Å². The maximum atomic E-state index is 4.02. The monoisotopic (exact) mass is 190 g/mol. The Labute approximate surface area is 85.7 Å². The zero-order valence-electron chi connectivity index (χ0n) is 8.90. The Hall–Kier alpha value is -1.05. The first-order valence-corrected chi connectivity index (χ1v) is 5.44. The SMILES string of the molecule is CC(C)C(Nc1ccncc1)C1CC1. The van der Waals surface area contributed by atoms with Gasteiger partial charge in [0, 0.05) is 24.1 Å². The Kier molecular flexibility index (Phi) is 2.71. The van der Waals surface area contributed by atoms with Crippen molar-refractivity contribution in [2.45, 2.75) is 32.7 Å². The lowest BCUT2D eigenvalue weighted by atomic mass is 9.99. The van der Waals surface area contributed by atoms with Crippen molar-refractivity contribution >= 4 is 5.69 Å². The van der Waals surface area contributed by atoms with E-state index >= 15 is 0 Å². The van der Waals surface area contributed by atoms with Crippen molar-refractivity contribution in [1.29, 1.82) is 0 Å². The van der Waals surface area contributed by atoms with Crippen molar-refractivity contribution < 1.29 is 0 Å². The first-order valence-electron chi connectivity index (χ1n) is 5.44. The normalized spacial score (nSPS) is 18.2. The average molecular weight is 190 g/mol. The van der Waals surface area contributed by atoms with E-state index in [0.717, 1.165) is 5.92 Å². The fraction of sp³-hybridized carbons (Fsp3) is 0.583. The number of hydrogen-bond acceptors (Lipinski definition) is 2. The van der Waals surface area contributed by atoms with Crippen molar-refractivity contribution in [3.05, 3.63) is 24.5 Å². The highest BCUT2D eigenvalue weighted by Gasteiger charge is 2.32. The van der Waals surface area contributed by atoms with Crippen molar-refractivity contribution in [1.82, 2.24) is 4.98 Å². The molecule has 1 N–H and O–H groups in total. The molecule has 1 aliphatic rings. The molecule has 2 heteroatoms. The highest BCUT2D eigenvalue weighted by molar-refractivity contribution is 5.42. The second-order valence-electron chi connectivity index (χ2n) is 4.49. The first kappa shape index (κ1) is 9.50. The molecular formula is C12H18N2. The predicted octanol–water partition coefficient (Wildman–Crippen LogP) is 2.93. The molecule has 0 spiro atoms. The summed E-state index contributed by atoms with van der Waals surface area (Å²) >= 11 is 0. The van der Waals surface area contributed by atoms with Crippen LogP contribution >= 0.6 is 0 Å². The van der Waals surface area contributed by atoms with Gasteiger partial charge >= 0.3 is 0 Å². The molecule has 1 heterocycles. The molecule has 0 aromatic carbocycles. The van der Waals surface area contributed by atoms with Crippen LogP contribution in [0.5, 0.6) is 0 Å². The molecule has 1 fully saturated rings. The van der Waals surface area contributed by atoms with Gasteiger partial charge in [-0.25, -0.2) is 0 Å². The van der Waals surface area contributed by atoms with Gasteiger partial charge in [0.05, 0.1) is 0 Å². The lowest BCUT2D eigenvalue weighted by Crippen LogP contribution is -2.27. The van der Waals surface area contributed by atoms with Crippen LogP contribution in [-0.2, 0) is 0 Å². The van der Waals surface area contributed by atoms with Gasteiger partial charge in [0.1, 0.15) is 0 Å². The standard InChI is InChI=1S/C12H18N2/c1-9(2)12(10-3-4-10)14-11-5-7-13-8-6-11/h5-10,12H,3-4H2,1-2H3,(H,13,14). The zero-order valence-corrected chi connectivity index (χ0v) is 8.90. The van der Waals surface area contributed by atoms with Crippen molar-refractivity contribution in [2.75, 3.05) is 5.32 Å². The average Bonchev–Trinajstić information content (AvgIpc) is 2.99. The maximum Gasteiger partial charge on any atom is 0.0373 e. The van der Waals surface area contributed by atoms with Gasteiger partial charge in [-0.05, 0) is 36.8 Å². The smallest absolute Gasteiger partial charge is 0.0373 e. The summed E-state index contributed by atoms with van der Waals surface area (Å²) < 4.78 is 0. The quantitative estimate of drug-likeness (QED) is 0.789. The van der Waals surface area contributed by atoms with Crippen LogP contribution in [0.25, 0.3) is 0 Å². The summed E-state index contributed by atoms with van der Waals surface area (Å²) in [5.41, 5.74) is 1.20. The number of pyridine rings is 1. The summed E-state index contributed by atoms with van der Waals surface area (Å²) in [6.45, 7) is 4.58. The molecule has 0 bridgehead atoms. The Morgan fingerprint density at radius 3 is 2.43 bits per heavy atom. The van der Waals surface area contributed by atoms with Gasteiger partial charge in [-0.1, -0.05) is 13.8 Å². The Morgan fingerprint density at radius 2 is 1.93 bits per heavy atom. The minimum Gasteiger partial charge on any atom is -0.382 e. The molecule has 0 amide bonds. The van der Waals surface area contributed by atoms with E-state index in [2.05, 4.69) is 24.1 Å². The van der Waals surface area contributed by atoms with Crippen LogP contribution in [0.15, 0.2) is 24.5 Å². The summed E-state index contributed by atoms with van der Waals surface area (Å²) in [4.78, 5) is 4.02. The lowest BCUT2D eigenvalue weighted by Gasteiger charge is -2.23. The van der Waals surface area contributed by atoms with E-state index in [0.29, 0.717) is 12.0 Å². The molecule has 1 saturated carbocycles. The zero-order chi connectivity index (χ0) is 9.97. The summed E-state index contributed by atoms with van der Waals surface area (Å²) in [5, 5.41) is 3.60. The van der Waals surface area contributed by atoms with Crippen LogP contribution in [0.2, 0.25) is 0 Å². The van der Waals surface area contributed by atoms with Crippen molar-refractivity contribution in [3.63, 3.8) is 0 Å². The van der Waals surface area contributed by atoms with Crippen LogP contribution in [0.1, 0.15) is 26.7 Å². The highest BCUT2D eigenvalue weighted by Crippen LogP contribution is 2.37. The topological polar surface area (TPSA) is 24.9 Å². The van der Waals surface area contributed by atoms with E-state index in [9.17, 15) is 0 Å². The maximum absolute atomic E-state index is 4.02. The third-order valence-electron chi connectivity index (χ3n) is 2.86. The summed E-state index contributed by atoms with van der Waals surface area (Å²) in [5.74, 6) is 1.60. The van der Waals surface area contributed by atoms with E-state index in [1.165, 1.54) is 18.5 Å². The van der Waals surface area contributed by atoms with E-state index < -0.39 is 0 Å². The molecule has 1 unspecified atom stereocenters.